The summed E-state index contributed by atoms with van der Waals surface area (Å²) in [6.45, 7) is 2.68. The lowest BCUT2D eigenvalue weighted by Gasteiger charge is -2.34. The minimum absolute atomic E-state index is 0.185. The van der Waals surface area contributed by atoms with Gasteiger partial charge in [0.2, 0.25) is 5.95 Å². The first-order valence-corrected chi connectivity index (χ1v) is 12.0. The summed E-state index contributed by atoms with van der Waals surface area (Å²) in [6, 6.07) is 12.5. The number of aliphatic hydroxyl groups is 1. The lowest BCUT2D eigenvalue weighted by atomic mass is 10.0. The summed E-state index contributed by atoms with van der Waals surface area (Å²) >= 11 is 12.3. The molecule has 0 unspecified atom stereocenters. The third kappa shape index (κ3) is 4.67. The van der Waals surface area contributed by atoms with Crippen LogP contribution in [0.4, 0.5) is 16.0 Å². The number of fused-ring (bicyclic) bond motifs is 1. The van der Waals surface area contributed by atoms with E-state index in [1.807, 2.05) is 23.8 Å². The minimum Gasteiger partial charge on any atom is -0.394 e. The summed E-state index contributed by atoms with van der Waals surface area (Å²) in [6.07, 6.45) is 3.57. The van der Waals surface area contributed by atoms with E-state index in [2.05, 4.69) is 15.3 Å². The van der Waals surface area contributed by atoms with Gasteiger partial charge in [-0.25, -0.2) is 14.4 Å². The molecule has 0 aliphatic carbocycles. The topological polar surface area (TPSA) is 83.3 Å². The van der Waals surface area contributed by atoms with Gasteiger partial charge in [0.05, 0.1) is 29.1 Å². The molecule has 1 atom stereocenters. The van der Waals surface area contributed by atoms with Crippen LogP contribution in [0.3, 0.4) is 0 Å². The standard InChI is InChI=1S/C26H22Cl2FN5O2/c1-15-12-30-26(31-21-6-5-19(29)11-20(21)28)32-24(15)17-10-22-25(36)34(8-7-33(22)13-17)23(14-35)16-3-2-4-18(27)9-16/h2-6,9-13,23,35H,7-8,14H2,1H3,(H,30,31,32)/t23-/m0/s1. The normalized spacial score (nSPS) is 14.0. The Kier molecular flexibility index (Phi) is 6.66. The van der Waals surface area contributed by atoms with Crippen LogP contribution in [0, 0.1) is 12.7 Å². The SMILES string of the molecule is Cc1cnc(Nc2ccc(F)cc2Cl)nc1-c1cc2n(c1)CCN([C@@H](CO)c1cccc(Cl)c1)C2=O. The lowest BCUT2D eigenvalue weighted by Crippen LogP contribution is -2.43. The molecule has 36 heavy (non-hydrogen) atoms. The first-order valence-electron chi connectivity index (χ1n) is 11.3. The number of aliphatic hydroxyl groups excluding tert-OH is 1. The number of amides is 1. The van der Waals surface area contributed by atoms with E-state index in [1.54, 1.807) is 35.4 Å². The molecule has 0 saturated heterocycles. The predicted molar refractivity (Wildman–Crippen MR) is 137 cm³/mol. The second-order valence-electron chi connectivity index (χ2n) is 8.53. The van der Waals surface area contributed by atoms with Gasteiger partial charge in [0.15, 0.2) is 0 Å². The molecule has 5 rings (SSSR count). The van der Waals surface area contributed by atoms with Crippen molar-refractivity contribution in [2.24, 2.45) is 0 Å². The van der Waals surface area contributed by atoms with Crippen molar-refractivity contribution in [2.45, 2.75) is 19.5 Å². The number of halogens is 3. The quantitative estimate of drug-likeness (QED) is 0.340. The van der Waals surface area contributed by atoms with E-state index in [1.165, 1.54) is 18.2 Å². The fourth-order valence-corrected chi connectivity index (χ4v) is 4.78. The third-order valence-electron chi connectivity index (χ3n) is 6.16. The molecule has 2 aromatic heterocycles. The summed E-state index contributed by atoms with van der Waals surface area (Å²) in [4.78, 5) is 24.1. The fraction of sp³-hybridized carbons (Fsp3) is 0.192. The van der Waals surface area contributed by atoms with Gasteiger partial charge in [-0.1, -0.05) is 35.3 Å². The molecule has 1 aliphatic heterocycles. The van der Waals surface area contributed by atoms with E-state index in [0.717, 1.165) is 16.7 Å². The highest BCUT2D eigenvalue weighted by Gasteiger charge is 2.32. The zero-order chi connectivity index (χ0) is 25.4. The highest BCUT2D eigenvalue weighted by atomic mass is 35.5. The average Bonchev–Trinajstić information content (AvgIpc) is 3.29. The van der Waals surface area contributed by atoms with Gasteiger partial charge in [0, 0.05) is 36.1 Å². The number of hydrogen-bond donors (Lipinski definition) is 2. The van der Waals surface area contributed by atoms with Crippen molar-refractivity contribution >= 4 is 40.7 Å². The maximum Gasteiger partial charge on any atom is 0.271 e. The van der Waals surface area contributed by atoms with E-state index in [0.29, 0.717) is 41.1 Å². The molecule has 184 valence electrons. The zero-order valence-electron chi connectivity index (χ0n) is 19.3. The van der Waals surface area contributed by atoms with E-state index in [4.69, 9.17) is 23.2 Å². The van der Waals surface area contributed by atoms with Gasteiger partial charge in [-0.05, 0) is 54.4 Å². The second-order valence-corrected chi connectivity index (χ2v) is 9.38. The Bertz CT molecular complexity index is 1460. The molecule has 0 bridgehead atoms. The van der Waals surface area contributed by atoms with Crippen molar-refractivity contribution < 1.29 is 14.3 Å². The monoisotopic (exact) mass is 525 g/mol. The van der Waals surface area contributed by atoms with Gasteiger partial charge >= 0.3 is 0 Å². The van der Waals surface area contributed by atoms with Crippen molar-refractivity contribution in [2.75, 3.05) is 18.5 Å². The van der Waals surface area contributed by atoms with E-state index < -0.39 is 11.9 Å². The van der Waals surface area contributed by atoms with Crippen LogP contribution in [0.2, 0.25) is 10.0 Å². The number of aromatic nitrogens is 3. The number of rotatable bonds is 6. The van der Waals surface area contributed by atoms with Gasteiger partial charge < -0.3 is 19.9 Å². The summed E-state index contributed by atoms with van der Waals surface area (Å²) in [5, 5.41) is 13.9. The number of benzene rings is 2. The Hall–Kier alpha value is -3.46. The largest absolute Gasteiger partial charge is 0.394 e. The zero-order valence-corrected chi connectivity index (χ0v) is 20.8. The lowest BCUT2D eigenvalue weighted by molar-refractivity contribution is 0.0526. The Labute approximate surface area is 217 Å². The number of aryl methyl sites for hydroxylation is 1. The molecule has 2 N–H and O–H groups in total. The minimum atomic E-state index is -0.500. The average molecular weight is 526 g/mol. The summed E-state index contributed by atoms with van der Waals surface area (Å²) in [7, 11) is 0. The molecule has 3 heterocycles. The van der Waals surface area contributed by atoms with Crippen LogP contribution in [0.15, 0.2) is 60.9 Å². The van der Waals surface area contributed by atoms with Gasteiger partial charge in [-0.2, -0.15) is 0 Å². The van der Waals surface area contributed by atoms with E-state index >= 15 is 0 Å². The van der Waals surface area contributed by atoms with Gasteiger partial charge in [-0.3, -0.25) is 4.79 Å². The molecule has 0 fully saturated rings. The van der Waals surface area contributed by atoms with Crippen LogP contribution in [0.5, 0.6) is 0 Å². The van der Waals surface area contributed by atoms with E-state index in [-0.39, 0.29) is 17.5 Å². The van der Waals surface area contributed by atoms with Crippen LogP contribution in [-0.2, 0) is 6.54 Å². The summed E-state index contributed by atoms with van der Waals surface area (Å²) < 4.78 is 15.3. The first kappa shape index (κ1) is 24.2. The van der Waals surface area contributed by atoms with Crippen LogP contribution in [0.25, 0.3) is 11.3 Å². The highest BCUT2D eigenvalue weighted by molar-refractivity contribution is 6.33. The van der Waals surface area contributed by atoms with Crippen LogP contribution in [-0.4, -0.2) is 43.6 Å². The highest BCUT2D eigenvalue weighted by Crippen LogP contribution is 2.32. The van der Waals surface area contributed by atoms with Gasteiger partial charge in [0.25, 0.3) is 5.91 Å². The number of carbonyl (C=O) groups is 1. The second kappa shape index (κ2) is 9.89. The molecule has 1 amide bonds. The number of hydrogen-bond acceptors (Lipinski definition) is 5. The molecular formula is C26H22Cl2FN5O2. The summed E-state index contributed by atoms with van der Waals surface area (Å²) in [5.74, 6) is -0.329. The maximum absolute atomic E-state index is 13.4. The van der Waals surface area contributed by atoms with Crippen LogP contribution < -0.4 is 5.32 Å². The third-order valence-corrected chi connectivity index (χ3v) is 6.71. The Morgan fingerprint density at radius 1 is 1.17 bits per heavy atom. The molecule has 7 nitrogen and oxygen atoms in total. The van der Waals surface area contributed by atoms with Crippen LogP contribution in [0.1, 0.15) is 27.7 Å². The Balaban J connectivity index is 1.44. The number of carbonyl (C=O) groups excluding carboxylic acids is 1. The van der Waals surface area contributed by atoms with Crippen molar-refractivity contribution in [3.8, 4) is 11.3 Å². The molecule has 0 spiro atoms. The number of nitrogens with one attached hydrogen (secondary N) is 1. The predicted octanol–water partition coefficient (Wildman–Crippen LogP) is 5.63. The first-order chi connectivity index (χ1) is 17.3. The van der Waals surface area contributed by atoms with Crippen molar-refractivity contribution in [1.82, 2.24) is 19.4 Å². The molecule has 1 aliphatic rings. The van der Waals surface area contributed by atoms with Crippen molar-refractivity contribution in [3.05, 3.63) is 93.6 Å². The van der Waals surface area contributed by atoms with Gasteiger partial charge in [-0.15, -0.1) is 0 Å². The smallest absolute Gasteiger partial charge is 0.271 e. The maximum atomic E-state index is 13.4. The molecule has 0 saturated carbocycles. The molecule has 4 aromatic rings. The number of anilines is 2. The summed E-state index contributed by atoms with van der Waals surface area (Å²) in [5.41, 5.74) is 4.00. The Morgan fingerprint density at radius 3 is 2.75 bits per heavy atom. The molecular weight excluding hydrogens is 504 g/mol. The molecule has 10 heteroatoms. The van der Waals surface area contributed by atoms with Gasteiger partial charge in [0.1, 0.15) is 11.5 Å². The van der Waals surface area contributed by atoms with E-state index in [9.17, 15) is 14.3 Å². The van der Waals surface area contributed by atoms with Crippen molar-refractivity contribution in [3.63, 3.8) is 0 Å². The Morgan fingerprint density at radius 2 is 2.00 bits per heavy atom. The molecule has 0 radical (unpaired) electrons. The molecule has 2 aromatic carbocycles. The number of nitrogens with zero attached hydrogens (tertiary/aromatic N) is 4. The van der Waals surface area contributed by atoms with Crippen LogP contribution >= 0.6 is 23.2 Å². The van der Waals surface area contributed by atoms with Crippen molar-refractivity contribution in [1.29, 1.82) is 0 Å². The fourth-order valence-electron chi connectivity index (χ4n) is 4.37.